The third-order valence-electron chi connectivity index (χ3n) is 10.1. The molecule has 9 nitrogen and oxygen atoms in total. The minimum Gasteiger partial charge on any atom is -0.348 e. The quantitative estimate of drug-likeness (QED) is 0.184. The molecule has 0 bridgehead atoms. The lowest BCUT2D eigenvalue weighted by Crippen LogP contribution is -2.23. The van der Waals surface area contributed by atoms with Gasteiger partial charge in [0.05, 0.1) is 39.3 Å². The molecule has 252 valence electrons. The Labute approximate surface area is 287 Å². The summed E-state index contributed by atoms with van der Waals surface area (Å²) in [6.45, 7) is 1.31. The van der Waals surface area contributed by atoms with E-state index >= 15 is 0 Å². The molecule has 0 spiro atoms. The van der Waals surface area contributed by atoms with Gasteiger partial charge in [-0.05, 0) is 91.4 Å². The highest BCUT2D eigenvalue weighted by Crippen LogP contribution is 2.51. The van der Waals surface area contributed by atoms with Gasteiger partial charge in [0.1, 0.15) is 11.6 Å². The first-order valence-electron chi connectivity index (χ1n) is 16.6. The van der Waals surface area contributed by atoms with Crippen molar-refractivity contribution >= 4 is 33.1 Å². The highest BCUT2D eigenvalue weighted by molar-refractivity contribution is 7.23. The van der Waals surface area contributed by atoms with Gasteiger partial charge in [-0.15, -0.1) is 11.3 Å². The predicted molar refractivity (Wildman–Crippen MR) is 181 cm³/mol. The zero-order chi connectivity index (χ0) is 34.1. The molecule has 3 aliphatic heterocycles. The summed E-state index contributed by atoms with van der Waals surface area (Å²) in [5, 5.41) is 4.98. The van der Waals surface area contributed by atoms with E-state index in [0.29, 0.717) is 59.6 Å². The lowest BCUT2D eigenvalue weighted by molar-refractivity contribution is 0.0776. The fourth-order valence-corrected chi connectivity index (χ4v) is 9.07. The zero-order valence-electron chi connectivity index (χ0n) is 26.6. The number of anilines is 1. The number of benzene rings is 2. The number of rotatable bonds is 7. The van der Waals surface area contributed by atoms with E-state index in [1.807, 2.05) is 17.0 Å². The van der Waals surface area contributed by atoms with Crippen molar-refractivity contribution in [1.29, 1.82) is 0 Å². The molecular weight excluding hydrogens is 666 g/mol. The number of pyridine rings is 2. The normalized spacial score (nSPS) is 18.4. The lowest BCUT2D eigenvalue weighted by atomic mass is 9.92. The van der Waals surface area contributed by atoms with E-state index in [1.165, 1.54) is 29.5 Å². The van der Waals surface area contributed by atoms with Crippen molar-refractivity contribution in [3.8, 4) is 21.8 Å². The average molecular weight is 695 g/mol. The summed E-state index contributed by atoms with van der Waals surface area (Å²) < 4.78 is 47.7. The lowest BCUT2D eigenvalue weighted by Gasteiger charge is -2.26. The molecule has 2 saturated heterocycles. The number of nitrogens with zero attached hydrogens (tertiary/aromatic N) is 5. The SMILES string of the molecule is O=C1c2c(nc(CCc3ccc(F)cc3)c(-c3noc(=O)[nH]3)c2-c2cc3ccnc(N4CCCC4c4ccc(F)c(F)c4)c3s2)[C@@H]2CCCN12. The van der Waals surface area contributed by atoms with Gasteiger partial charge in [-0.2, -0.15) is 0 Å². The first-order chi connectivity index (χ1) is 24.3. The number of aromatic nitrogens is 4. The van der Waals surface area contributed by atoms with Crippen molar-refractivity contribution in [2.24, 2.45) is 0 Å². The zero-order valence-corrected chi connectivity index (χ0v) is 27.4. The first kappa shape index (κ1) is 30.7. The number of aryl methyl sites for hydroxylation is 2. The summed E-state index contributed by atoms with van der Waals surface area (Å²) in [6.07, 6.45) is 5.97. The molecule has 7 heterocycles. The Morgan fingerprint density at radius 2 is 1.66 bits per heavy atom. The van der Waals surface area contributed by atoms with E-state index in [4.69, 9.17) is 14.5 Å². The third-order valence-corrected chi connectivity index (χ3v) is 11.3. The Morgan fingerprint density at radius 1 is 0.860 bits per heavy atom. The topological polar surface area (TPSA) is 108 Å². The molecule has 1 amide bonds. The fraction of sp³-hybridized carbons (Fsp3) is 0.270. The molecule has 0 aliphatic carbocycles. The number of amides is 1. The van der Waals surface area contributed by atoms with Gasteiger partial charge in [-0.1, -0.05) is 23.4 Å². The predicted octanol–water partition coefficient (Wildman–Crippen LogP) is 7.54. The molecule has 2 fully saturated rings. The van der Waals surface area contributed by atoms with Crippen LogP contribution in [0.5, 0.6) is 0 Å². The van der Waals surface area contributed by atoms with Crippen molar-refractivity contribution < 1.29 is 22.5 Å². The maximum absolute atomic E-state index is 14.3. The molecular formula is C37H29F3N6O3S. The summed E-state index contributed by atoms with van der Waals surface area (Å²) in [5.41, 5.74) is 4.56. The molecule has 13 heteroatoms. The van der Waals surface area contributed by atoms with E-state index in [2.05, 4.69) is 15.0 Å². The second kappa shape index (κ2) is 11.9. The number of halogens is 3. The van der Waals surface area contributed by atoms with Crippen LogP contribution in [0.4, 0.5) is 19.0 Å². The van der Waals surface area contributed by atoms with Crippen LogP contribution in [0.2, 0.25) is 0 Å². The number of H-pyrrole nitrogens is 1. The Bertz CT molecular complexity index is 2370. The van der Waals surface area contributed by atoms with Crippen LogP contribution in [0.25, 0.3) is 31.9 Å². The molecule has 9 rings (SSSR count). The van der Waals surface area contributed by atoms with E-state index in [1.54, 1.807) is 24.4 Å². The smallest absolute Gasteiger partial charge is 0.348 e. The maximum atomic E-state index is 14.3. The van der Waals surface area contributed by atoms with Gasteiger partial charge >= 0.3 is 5.76 Å². The summed E-state index contributed by atoms with van der Waals surface area (Å²) in [5.74, 6) is -2.05. The maximum Gasteiger partial charge on any atom is 0.439 e. The van der Waals surface area contributed by atoms with Crippen LogP contribution >= 0.6 is 11.3 Å². The van der Waals surface area contributed by atoms with Crippen LogP contribution in [0.1, 0.15) is 70.6 Å². The number of carbonyl (C=O) groups excluding carboxylic acids is 1. The Hall–Kier alpha value is -5.30. The number of thiophene rings is 1. The summed E-state index contributed by atoms with van der Waals surface area (Å²) in [6, 6.07) is 13.9. The monoisotopic (exact) mass is 694 g/mol. The van der Waals surface area contributed by atoms with Crippen LogP contribution < -0.4 is 10.7 Å². The van der Waals surface area contributed by atoms with Crippen LogP contribution in [0.15, 0.2) is 70.1 Å². The number of carbonyl (C=O) groups is 1. The summed E-state index contributed by atoms with van der Waals surface area (Å²) in [7, 11) is 0. The van der Waals surface area contributed by atoms with Gasteiger partial charge in [0.25, 0.3) is 5.91 Å². The van der Waals surface area contributed by atoms with Crippen molar-refractivity contribution in [1.82, 2.24) is 25.0 Å². The molecule has 2 aromatic carbocycles. The van der Waals surface area contributed by atoms with Crippen molar-refractivity contribution in [2.75, 3.05) is 18.0 Å². The average Bonchev–Trinajstić information content (AvgIpc) is 3.96. The highest BCUT2D eigenvalue weighted by atomic mass is 32.1. The van der Waals surface area contributed by atoms with Gasteiger partial charge in [-0.25, -0.2) is 22.9 Å². The minimum atomic E-state index is -0.886. The van der Waals surface area contributed by atoms with Gasteiger partial charge in [-0.3, -0.25) is 19.3 Å². The molecule has 1 unspecified atom stereocenters. The molecule has 6 aromatic rings. The van der Waals surface area contributed by atoms with Gasteiger partial charge < -0.3 is 9.80 Å². The molecule has 4 aromatic heterocycles. The van der Waals surface area contributed by atoms with Crippen LogP contribution in [0, 0.1) is 17.5 Å². The van der Waals surface area contributed by atoms with E-state index in [-0.39, 0.29) is 29.6 Å². The van der Waals surface area contributed by atoms with E-state index in [9.17, 15) is 22.8 Å². The number of fused-ring (bicyclic) bond motifs is 4. The molecule has 0 radical (unpaired) electrons. The van der Waals surface area contributed by atoms with Crippen LogP contribution in [-0.2, 0) is 12.8 Å². The summed E-state index contributed by atoms with van der Waals surface area (Å²) in [4.78, 5) is 43.9. The fourth-order valence-electron chi connectivity index (χ4n) is 7.85. The summed E-state index contributed by atoms with van der Waals surface area (Å²) >= 11 is 1.47. The number of aromatic amines is 1. The Morgan fingerprint density at radius 3 is 2.44 bits per heavy atom. The van der Waals surface area contributed by atoms with Crippen LogP contribution in [0.3, 0.4) is 0 Å². The van der Waals surface area contributed by atoms with Crippen molar-refractivity contribution in [3.63, 3.8) is 0 Å². The first-order valence-corrected chi connectivity index (χ1v) is 17.4. The number of nitrogens with one attached hydrogen (secondary N) is 1. The van der Waals surface area contributed by atoms with Crippen molar-refractivity contribution in [3.05, 3.63) is 117 Å². The Balaban J connectivity index is 1.23. The van der Waals surface area contributed by atoms with Gasteiger partial charge in [0.2, 0.25) is 0 Å². The second-order valence-corrected chi connectivity index (χ2v) is 14.0. The number of hydrogen-bond acceptors (Lipinski definition) is 8. The van der Waals surface area contributed by atoms with Crippen LogP contribution in [-0.4, -0.2) is 44.0 Å². The number of hydrogen-bond donors (Lipinski definition) is 1. The molecule has 1 N–H and O–H groups in total. The highest BCUT2D eigenvalue weighted by Gasteiger charge is 2.45. The Kier molecular flexibility index (Phi) is 7.34. The molecule has 2 atom stereocenters. The minimum absolute atomic E-state index is 0.115. The molecule has 0 saturated carbocycles. The van der Waals surface area contributed by atoms with Gasteiger partial charge in [0, 0.05) is 29.7 Å². The third kappa shape index (κ3) is 5.01. The standard InChI is InChI=1S/C37H29F3N6O3S/c38-22-9-5-19(6-10-22)7-12-25-29(34-43-37(48)49-44-34)30(31-32(42-25)27-4-2-16-46(27)36(31)47)28-18-21-13-14-41-35(33(21)50-28)45-15-1-3-26(45)20-8-11-23(39)24(40)17-20/h5-6,8-11,13-14,17-18,26-27H,1-4,7,12,15-16H2,(H,43,44,48)/t26?,27-/m0/s1. The molecule has 3 aliphatic rings. The van der Waals surface area contributed by atoms with E-state index < -0.39 is 17.4 Å². The second-order valence-electron chi connectivity index (χ2n) is 13.0. The van der Waals surface area contributed by atoms with Gasteiger partial charge in [0.15, 0.2) is 17.5 Å². The van der Waals surface area contributed by atoms with E-state index in [0.717, 1.165) is 58.1 Å². The molecule has 50 heavy (non-hydrogen) atoms. The van der Waals surface area contributed by atoms with Crippen molar-refractivity contribution in [2.45, 2.75) is 50.6 Å². The largest absolute Gasteiger partial charge is 0.439 e.